The van der Waals surface area contributed by atoms with Crippen molar-refractivity contribution in [2.75, 3.05) is 0 Å². The van der Waals surface area contributed by atoms with Crippen LogP contribution in [0.25, 0.3) is 0 Å². The average Bonchev–Trinajstić information content (AvgIpc) is 2.38. The number of Topliss-reactive ketones (excluding diaryl/α,β-unsaturated/α-hetero) is 1. The van der Waals surface area contributed by atoms with Gasteiger partial charge in [-0.05, 0) is 25.1 Å². The molecule has 2 aromatic rings. The number of carbonyl (C=O) groups excluding carboxylic acids is 1. The van der Waals surface area contributed by atoms with Gasteiger partial charge < -0.3 is 4.74 Å². The number of ether oxygens (including phenoxy) is 1. The lowest BCUT2D eigenvalue weighted by Crippen LogP contribution is -2.04. The zero-order valence-corrected chi connectivity index (χ0v) is 11.1. The van der Waals surface area contributed by atoms with Gasteiger partial charge in [0.2, 0.25) is 0 Å². The van der Waals surface area contributed by atoms with Crippen LogP contribution in [0, 0.1) is 5.82 Å². The van der Waals surface area contributed by atoms with E-state index in [1.54, 1.807) is 18.2 Å². The Morgan fingerprint density at radius 3 is 2.63 bits per heavy atom. The summed E-state index contributed by atoms with van der Waals surface area (Å²) in [6, 6.07) is 11.4. The molecule has 2 rings (SSSR count). The topological polar surface area (TPSA) is 26.3 Å². The number of carbonyl (C=O) groups is 1. The summed E-state index contributed by atoms with van der Waals surface area (Å²) in [7, 11) is 0. The minimum atomic E-state index is -0.556. The Hall–Kier alpha value is -1.87. The Morgan fingerprint density at radius 1 is 1.21 bits per heavy atom. The predicted octanol–water partition coefficient (Wildman–Crippen LogP) is 4.26. The molecule has 0 aliphatic rings. The van der Waals surface area contributed by atoms with Gasteiger partial charge in [0, 0.05) is 10.6 Å². The third kappa shape index (κ3) is 3.12. The molecular formula is C15H12ClFO2. The van der Waals surface area contributed by atoms with Crippen molar-refractivity contribution >= 4 is 17.4 Å². The first-order valence-corrected chi connectivity index (χ1v) is 6.13. The summed E-state index contributed by atoms with van der Waals surface area (Å²) in [5.41, 5.74) is 0.967. The second-order valence-electron chi connectivity index (χ2n) is 4.05. The Kier molecular flexibility index (Phi) is 4.17. The molecule has 0 fully saturated rings. The predicted molar refractivity (Wildman–Crippen MR) is 72.2 cm³/mol. The van der Waals surface area contributed by atoms with Crippen molar-refractivity contribution in [1.29, 1.82) is 0 Å². The average molecular weight is 279 g/mol. The van der Waals surface area contributed by atoms with Crippen LogP contribution in [0.3, 0.4) is 0 Å². The van der Waals surface area contributed by atoms with Crippen LogP contribution in [0.5, 0.6) is 5.75 Å². The summed E-state index contributed by atoms with van der Waals surface area (Å²) in [6.45, 7) is 1.48. The fraction of sp³-hybridized carbons (Fsp3) is 0.133. The second kappa shape index (κ2) is 5.85. The van der Waals surface area contributed by atoms with Gasteiger partial charge in [0.05, 0.1) is 5.56 Å². The molecule has 0 heterocycles. The van der Waals surface area contributed by atoms with E-state index >= 15 is 0 Å². The zero-order valence-electron chi connectivity index (χ0n) is 10.3. The monoisotopic (exact) mass is 278 g/mol. The highest BCUT2D eigenvalue weighted by Crippen LogP contribution is 2.25. The van der Waals surface area contributed by atoms with Crippen LogP contribution in [0.2, 0.25) is 5.02 Å². The smallest absolute Gasteiger partial charge is 0.166 e. The molecule has 0 unspecified atom stereocenters. The third-order valence-electron chi connectivity index (χ3n) is 2.68. The molecule has 0 bridgehead atoms. The Labute approximate surface area is 115 Å². The quantitative estimate of drug-likeness (QED) is 0.781. The number of para-hydroxylation sites is 1. The molecule has 0 aromatic heterocycles. The fourth-order valence-corrected chi connectivity index (χ4v) is 1.89. The highest BCUT2D eigenvalue weighted by Gasteiger charge is 2.13. The van der Waals surface area contributed by atoms with Crippen molar-refractivity contribution in [1.82, 2.24) is 0 Å². The molecule has 0 aliphatic heterocycles. The van der Waals surface area contributed by atoms with E-state index in [-0.39, 0.29) is 23.7 Å². The van der Waals surface area contributed by atoms with Crippen LogP contribution < -0.4 is 4.74 Å². The lowest BCUT2D eigenvalue weighted by Gasteiger charge is -2.11. The SMILES string of the molecule is CC(=O)c1cccc(F)c1OCc1ccccc1Cl. The van der Waals surface area contributed by atoms with Gasteiger partial charge in [-0.2, -0.15) is 0 Å². The van der Waals surface area contributed by atoms with Crippen molar-refractivity contribution in [3.8, 4) is 5.75 Å². The van der Waals surface area contributed by atoms with Crippen molar-refractivity contribution in [3.05, 3.63) is 64.4 Å². The van der Waals surface area contributed by atoms with Gasteiger partial charge in [-0.25, -0.2) is 4.39 Å². The molecule has 0 spiro atoms. The number of halogens is 2. The van der Waals surface area contributed by atoms with Crippen LogP contribution in [-0.4, -0.2) is 5.78 Å². The lowest BCUT2D eigenvalue weighted by molar-refractivity contribution is 0.101. The van der Waals surface area contributed by atoms with E-state index in [9.17, 15) is 9.18 Å². The van der Waals surface area contributed by atoms with Gasteiger partial charge in [-0.1, -0.05) is 35.9 Å². The Balaban J connectivity index is 2.25. The van der Waals surface area contributed by atoms with E-state index in [0.717, 1.165) is 5.56 Å². The Morgan fingerprint density at radius 2 is 1.95 bits per heavy atom. The van der Waals surface area contributed by atoms with E-state index in [2.05, 4.69) is 0 Å². The normalized spacial score (nSPS) is 10.3. The van der Waals surface area contributed by atoms with Crippen molar-refractivity contribution < 1.29 is 13.9 Å². The number of hydrogen-bond donors (Lipinski definition) is 0. The van der Waals surface area contributed by atoms with Gasteiger partial charge in [0.25, 0.3) is 0 Å². The maximum atomic E-state index is 13.7. The summed E-state index contributed by atoms with van der Waals surface area (Å²) in [5.74, 6) is -0.830. The molecule has 2 aromatic carbocycles. The number of rotatable bonds is 4. The first-order chi connectivity index (χ1) is 9.09. The van der Waals surface area contributed by atoms with E-state index < -0.39 is 5.82 Å². The van der Waals surface area contributed by atoms with Gasteiger partial charge >= 0.3 is 0 Å². The molecule has 19 heavy (non-hydrogen) atoms. The van der Waals surface area contributed by atoms with Crippen molar-refractivity contribution in [3.63, 3.8) is 0 Å². The summed E-state index contributed by atoms with van der Waals surface area (Å²) in [5, 5.41) is 0.545. The summed E-state index contributed by atoms with van der Waals surface area (Å²) >= 11 is 5.99. The van der Waals surface area contributed by atoms with Crippen molar-refractivity contribution in [2.24, 2.45) is 0 Å². The molecule has 0 atom stereocenters. The van der Waals surface area contributed by atoms with Gasteiger partial charge in [0.1, 0.15) is 6.61 Å². The molecule has 0 saturated carbocycles. The van der Waals surface area contributed by atoms with Gasteiger partial charge in [-0.15, -0.1) is 0 Å². The number of benzene rings is 2. The molecule has 4 heteroatoms. The van der Waals surface area contributed by atoms with Crippen LogP contribution >= 0.6 is 11.6 Å². The van der Waals surface area contributed by atoms with Crippen LogP contribution in [0.1, 0.15) is 22.8 Å². The largest absolute Gasteiger partial charge is 0.485 e. The van der Waals surface area contributed by atoms with Crippen molar-refractivity contribution in [2.45, 2.75) is 13.5 Å². The molecule has 0 radical (unpaired) electrons. The van der Waals surface area contributed by atoms with Gasteiger partial charge in [-0.3, -0.25) is 4.79 Å². The molecule has 0 N–H and O–H groups in total. The molecule has 2 nitrogen and oxygen atoms in total. The minimum absolute atomic E-state index is 0.0325. The van der Waals surface area contributed by atoms with E-state index in [1.165, 1.54) is 25.1 Å². The van der Waals surface area contributed by atoms with E-state index in [1.807, 2.05) is 6.07 Å². The summed E-state index contributed by atoms with van der Waals surface area (Å²) < 4.78 is 19.1. The summed E-state index contributed by atoms with van der Waals surface area (Å²) in [4.78, 5) is 11.4. The fourth-order valence-electron chi connectivity index (χ4n) is 1.70. The highest BCUT2D eigenvalue weighted by atomic mass is 35.5. The molecule has 0 saturated heterocycles. The zero-order chi connectivity index (χ0) is 13.8. The van der Waals surface area contributed by atoms with Gasteiger partial charge in [0.15, 0.2) is 17.3 Å². The molecular weight excluding hydrogens is 267 g/mol. The number of ketones is 1. The molecule has 0 aliphatic carbocycles. The van der Waals surface area contributed by atoms with Crippen LogP contribution in [-0.2, 0) is 6.61 Å². The highest BCUT2D eigenvalue weighted by molar-refractivity contribution is 6.31. The lowest BCUT2D eigenvalue weighted by atomic mass is 10.1. The second-order valence-corrected chi connectivity index (χ2v) is 4.46. The maximum Gasteiger partial charge on any atom is 0.166 e. The standard InChI is InChI=1S/C15H12ClFO2/c1-10(18)12-6-4-8-14(17)15(12)19-9-11-5-2-3-7-13(11)16/h2-8H,9H2,1H3. The maximum absolute atomic E-state index is 13.7. The molecule has 98 valence electrons. The first kappa shape index (κ1) is 13.6. The van der Waals surface area contributed by atoms with Crippen LogP contribution in [0.4, 0.5) is 4.39 Å². The Bertz CT molecular complexity index is 611. The minimum Gasteiger partial charge on any atom is -0.485 e. The summed E-state index contributed by atoms with van der Waals surface area (Å²) in [6.07, 6.45) is 0. The number of hydrogen-bond acceptors (Lipinski definition) is 2. The van der Waals surface area contributed by atoms with E-state index in [0.29, 0.717) is 5.02 Å². The molecule has 0 amide bonds. The third-order valence-corrected chi connectivity index (χ3v) is 3.04. The van der Waals surface area contributed by atoms with Crippen LogP contribution in [0.15, 0.2) is 42.5 Å². The van der Waals surface area contributed by atoms with E-state index in [4.69, 9.17) is 16.3 Å². The first-order valence-electron chi connectivity index (χ1n) is 5.75.